The molecule has 1 aromatic heterocycles. The van der Waals surface area contributed by atoms with Crippen molar-refractivity contribution in [2.75, 3.05) is 27.3 Å². The molecule has 0 radical (unpaired) electrons. The number of aromatic nitrogens is 1. The Balaban J connectivity index is 1.71. The summed E-state index contributed by atoms with van der Waals surface area (Å²) in [7, 11) is -0.207. The highest BCUT2D eigenvalue weighted by Crippen LogP contribution is 2.35. The molecule has 3 rings (SSSR count). The number of hydrogen-bond donors (Lipinski definition) is 0. The number of ether oxygens (including phenoxy) is 2. The predicted molar refractivity (Wildman–Crippen MR) is 114 cm³/mol. The average molecular weight is 487 g/mol. The largest absolute Gasteiger partial charge is 0.496 e. The molecule has 1 fully saturated rings. The van der Waals surface area contributed by atoms with E-state index in [2.05, 4.69) is 20.9 Å². The maximum Gasteiger partial charge on any atom is 0.244 e. The molecule has 28 heavy (non-hydrogen) atoms. The van der Waals surface area contributed by atoms with Crippen molar-refractivity contribution in [3.8, 4) is 11.5 Å². The van der Waals surface area contributed by atoms with Crippen LogP contribution in [-0.4, -0.2) is 45.0 Å². The summed E-state index contributed by atoms with van der Waals surface area (Å²) in [6.07, 6.45) is 4.37. The minimum Gasteiger partial charge on any atom is -0.496 e. The summed E-state index contributed by atoms with van der Waals surface area (Å²) in [6.45, 7) is 1.17. The van der Waals surface area contributed by atoms with Gasteiger partial charge in [-0.25, -0.2) is 13.4 Å². The number of benzene rings is 1. The maximum absolute atomic E-state index is 12.7. The first-order valence-corrected chi connectivity index (χ1v) is 12.2. The summed E-state index contributed by atoms with van der Waals surface area (Å²) < 4.78 is 38.6. The normalized spacial score (nSPS) is 15.4. The number of methoxy groups -OCH3 is 2. The van der Waals surface area contributed by atoms with E-state index in [4.69, 9.17) is 9.47 Å². The van der Waals surface area contributed by atoms with Crippen molar-refractivity contribution in [2.45, 2.75) is 34.9 Å². The lowest BCUT2D eigenvalue weighted by atomic mass is 10.2. The fraction of sp³-hybridized carbons (Fsp3) is 0.421. The van der Waals surface area contributed by atoms with E-state index in [1.807, 2.05) is 12.1 Å². The zero-order valence-electron chi connectivity index (χ0n) is 15.9. The molecular formula is C19H23BrN2O4S2. The van der Waals surface area contributed by atoms with Gasteiger partial charge in [-0.3, -0.25) is 0 Å². The quantitative estimate of drug-likeness (QED) is 0.542. The molecule has 0 atom stereocenters. The molecule has 9 heteroatoms. The van der Waals surface area contributed by atoms with Crippen molar-refractivity contribution in [1.29, 1.82) is 0 Å². The third-order valence-electron chi connectivity index (χ3n) is 4.59. The van der Waals surface area contributed by atoms with Gasteiger partial charge < -0.3 is 9.47 Å². The fourth-order valence-corrected chi connectivity index (χ4v) is 5.81. The van der Waals surface area contributed by atoms with Crippen LogP contribution in [0.3, 0.4) is 0 Å². The second-order valence-electron chi connectivity index (χ2n) is 6.38. The Kier molecular flexibility index (Phi) is 7.25. The van der Waals surface area contributed by atoms with Gasteiger partial charge in [-0.05, 0) is 53.0 Å². The molecule has 1 saturated heterocycles. The summed E-state index contributed by atoms with van der Waals surface area (Å²) in [6, 6.07) is 7.18. The van der Waals surface area contributed by atoms with Crippen LogP contribution in [0.25, 0.3) is 0 Å². The Morgan fingerprint density at radius 1 is 1.11 bits per heavy atom. The minimum absolute atomic E-state index is 0.252. The number of nitrogens with zero attached hydrogens (tertiary/aromatic N) is 2. The summed E-state index contributed by atoms with van der Waals surface area (Å²) in [5.41, 5.74) is 0.972. The highest BCUT2D eigenvalue weighted by Gasteiger charge is 2.26. The van der Waals surface area contributed by atoms with Gasteiger partial charge in [0.1, 0.15) is 16.4 Å². The first-order chi connectivity index (χ1) is 13.5. The SMILES string of the molecule is COc1cc(CSc2ccc(S(=O)(=O)N3CCCCC3)cn2)c(OC)cc1Br. The van der Waals surface area contributed by atoms with Crippen LogP contribution in [0.5, 0.6) is 11.5 Å². The highest BCUT2D eigenvalue weighted by atomic mass is 79.9. The lowest BCUT2D eigenvalue weighted by molar-refractivity contribution is 0.346. The van der Waals surface area contributed by atoms with Gasteiger partial charge in [0.05, 0.1) is 23.7 Å². The molecule has 0 N–H and O–H groups in total. The van der Waals surface area contributed by atoms with Crippen molar-refractivity contribution in [3.05, 3.63) is 40.5 Å². The molecule has 0 unspecified atom stereocenters. The van der Waals surface area contributed by atoms with Crippen LogP contribution in [0.2, 0.25) is 0 Å². The van der Waals surface area contributed by atoms with E-state index in [9.17, 15) is 8.42 Å². The molecule has 0 spiro atoms. The molecule has 0 amide bonds. The third kappa shape index (κ3) is 4.82. The van der Waals surface area contributed by atoms with Crippen LogP contribution >= 0.6 is 27.7 Å². The molecule has 0 saturated carbocycles. The number of pyridine rings is 1. The van der Waals surface area contributed by atoms with Crippen molar-refractivity contribution in [3.63, 3.8) is 0 Å². The van der Waals surface area contributed by atoms with Gasteiger partial charge in [0.15, 0.2) is 0 Å². The van der Waals surface area contributed by atoms with E-state index in [-0.39, 0.29) is 4.90 Å². The molecule has 1 aliphatic rings. The Morgan fingerprint density at radius 3 is 2.43 bits per heavy atom. The van der Waals surface area contributed by atoms with Gasteiger partial charge in [0, 0.05) is 30.6 Å². The fourth-order valence-electron chi connectivity index (χ4n) is 3.05. The van der Waals surface area contributed by atoms with E-state index in [1.165, 1.54) is 18.0 Å². The highest BCUT2D eigenvalue weighted by molar-refractivity contribution is 9.10. The molecule has 152 valence electrons. The molecule has 1 aliphatic heterocycles. The summed E-state index contributed by atoms with van der Waals surface area (Å²) >= 11 is 4.97. The number of thioether (sulfide) groups is 1. The zero-order chi connectivity index (χ0) is 20.1. The second-order valence-corrected chi connectivity index (χ2v) is 10.2. The van der Waals surface area contributed by atoms with Crippen LogP contribution in [0.4, 0.5) is 0 Å². The molecule has 0 bridgehead atoms. The van der Waals surface area contributed by atoms with Crippen LogP contribution < -0.4 is 9.47 Å². The number of hydrogen-bond acceptors (Lipinski definition) is 6. The van der Waals surface area contributed by atoms with Gasteiger partial charge in [-0.2, -0.15) is 4.31 Å². The van der Waals surface area contributed by atoms with Crippen molar-refractivity contribution >= 4 is 37.7 Å². The standard InChI is InChI=1S/C19H23BrN2O4S2/c1-25-17-11-16(20)18(26-2)10-14(17)13-27-19-7-6-15(12-21-19)28(23,24)22-8-4-3-5-9-22/h6-7,10-12H,3-5,8-9,13H2,1-2H3. The summed E-state index contributed by atoms with van der Waals surface area (Å²) in [4.78, 5) is 4.60. The number of piperidine rings is 1. The maximum atomic E-state index is 12.7. The van der Waals surface area contributed by atoms with Gasteiger partial charge in [-0.15, -0.1) is 11.8 Å². The average Bonchev–Trinajstić information content (AvgIpc) is 2.73. The third-order valence-corrected chi connectivity index (χ3v) is 8.09. The number of halogens is 1. The first-order valence-electron chi connectivity index (χ1n) is 8.95. The Labute approximate surface area is 178 Å². The number of rotatable bonds is 7. The van der Waals surface area contributed by atoms with Crippen molar-refractivity contribution < 1.29 is 17.9 Å². The van der Waals surface area contributed by atoms with E-state index in [0.29, 0.717) is 18.8 Å². The van der Waals surface area contributed by atoms with E-state index >= 15 is 0 Å². The van der Waals surface area contributed by atoms with Gasteiger partial charge in [0.2, 0.25) is 10.0 Å². The van der Waals surface area contributed by atoms with Crippen LogP contribution in [0, 0.1) is 0 Å². The minimum atomic E-state index is -3.45. The van der Waals surface area contributed by atoms with Crippen LogP contribution in [-0.2, 0) is 15.8 Å². The second kappa shape index (κ2) is 9.47. The molecule has 6 nitrogen and oxygen atoms in total. The van der Waals surface area contributed by atoms with E-state index < -0.39 is 10.0 Å². The molecule has 1 aromatic carbocycles. The topological polar surface area (TPSA) is 68.7 Å². The summed E-state index contributed by atoms with van der Waals surface area (Å²) in [5.74, 6) is 2.11. The Morgan fingerprint density at radius 2 is 1.82 bits per heavy atom. The Bertz CT molecular complexity index is 914. The van der Waals surface area contributed by atoms with E-state index in [0.717, 1.165) is 45.8 Å². The van der Waals surface area contributed by atoms with Crippen molar-refractivity contribution in [1.82, 2.24) is 9.29 Å². The monoisotopic (exact) mass is 486 g/mol. The molecular weight excluding hydrogens is 464 g/mol. The Hall–Kier alpha value is -1.29. The van der Waals surface area contributed by atoms with E-state index in [1.54, 1.807) is 30.7 Å². The van der Waals surface area contributed by atoms with Gasteiger partial charge in [0.25, 0.3) is 0 Å². The van der Waals surface area contributed by atoms with Gasteiger partial charge >= 0.3 is 0 Å². The molecule has 2 heterocycles. The lowest BCUT2D eigenvalue weighted by Crippen LogP contribution is -2.35. The smallest absolute Gasteiger partial charge is 0.244 e. The predicted octanol–water partition coefficient (Wildman–Crippen LogP) is 4.33. The van der Waals surface area contributed by atoms with Crippen LogP contribution in [0.1, 0.15) is 24.8 Å². The molecule has 2 aromatic rings. The number of sulfonamides is 1. The zero-order valence-corrected chi connectivity index (χ0v) is 19.1. The lowest BCUT2D eigenvalue weighted by Gasteiger charge is -2.25. The summed E-state index contributed by atoms with van der Waals surface area (Å²) in [5, 5.41) is 0.751. The van der Waals surface area contributed by atoms with Gasteiger partial charge in [-0.1, -0.05) is 6.42 Å². The molecule has 0 aliphatic carbocycles. The first kappa shape index (κ1) is 21.4. The van der Waals surface area contributed by atoms with Crippen LogP contribution in [0.15, 0.2) is 44.9 Å². The van der Waals surface area contributed by atoms with Crippen molar-refractivity contribution in [2.24, 2.45) is 0 Å².